The quantitative estimate of drug-likeness (QED) is 0.814. The molecule has 6 heteroatoms. The monoisotopic (exact) mass is 328 g/mol. The maximum absolute atomic E-state index is 9.05. The SMILES string of the molecule is N#Cc1ccccc1OCCN1CCN(Cc2cscn2)CC1. The first kappa shape index (κ1) is 15.9. The summed E-state index contributed by atoms with van der Waals surface area (Å²) in [7, 11) is 0. The van der Waals surface area contributed by atoms with Crippen molar-refractivity contribution in [1.82, 2.24) is 14.8 Å². The van der Waals surface area contributed by atoms with Crippen molar-refractivity contribution in [3.63, 3.8) is 0 Å². The van der Waals surface area contributed by atoms with Gasteiger partial charge in [-0.1, -0.05) is 12.1 Å². The van der Waals surface area contributed by atoms with E-state index in [1.54, 1.807) is 17.4 Å². The molecule has 0 N–H and O–H groups in total. The minimum atomic E-state index is 0.598. The van der Waals surface area contributed by atoms with Gasteiger partial charge in [-0.2, -0.15) is 5.26 Å². The minimum Gasteiger partial charge on any atom is -0.491 e. The number of hydrogen-bond acceptors (Lipinski definition) is 6. The average molecular weight is 328 g/mol. The van der Waals surface area contributed by atoms with Crippen molar-refractivity contribution < 1.29 is 4.74 Å². The second-order valence-corrected chi connectivity index (χ2v) is 6.27. The van der Waals surface area contributed by atoms with Crippen LogP contribution in [-0.4, -0.2) is 54.1 Å². The second-order valence-electron chi connectivity index (χ2n) is 5.55. The fraction of sp³-hybridized carbons (Fsp3) is 0.412. The molecule has 1 aliphatic heterocycles. The Morgan fingerprint density at radius 2 is 1.96 bits per heavy atom. The van der Waals surface area contributed by atoms with Crippen LogP contribution in [0, 0.1) is 11.3 Å². The van der Waals surface area contributed by atoms with E-state index < -0.39 is 0 Å². The van der Waals surface area contributed by atoms with E-state index in [9.17, 15) is 0 Å². The molecule has 0 bridgehead atoms. The largest absolute Gasteiger partial charge is 0.491 e. The molecule has 3 rings (SSSR count). The van der Waals surface area contributed by atoms with Crippen LogP contribution in [-0.2, 0) is 6.54 Å². The Labute approximate surface area is 140 Å². The zero-order valence-electron chi connectivity index (χ0n) is 13.0. The second kappa shape index (κ2) is 8.06. The molecule has 120 valence electrons. The van der Waals surface area contributed by atoms with Crippen LogP contribution < -0.4 is 4.74 Å². The minimum absolute atomic E-state index is 0.598. The van der Waals surface area contributed by atoms with Crippen LogP contribution in [0.15, 0.2) is 35.2 Å². The third-order valence-corrected chi connectivity index (χ3v) is 4.64. The van der Waals surface area contributed by atoms with Gasteiger partial charge in [-0.25, -0.2) is 4.98 Å². The summed E-state index contributed by atoms with van der Waals surface area (Å²) in [4.78, 5) is 9.20. The standard InChI is InChI=1S/C17H20N4OS/c18-11-15-3-1-2-4-17(15)22-10-9-20-5-7-21(8-6-20)12-16-13-23-14-19-16/h1-4,13-14H,5-10,12H2. The van der Waals surface area contributed by atoms with E-state index >= 15 is 0 Å². The van der Waals surface area contributed by atoms with Gasteiger partial charge in [0, 0.05) is 44.6 Å². The van der Waals surface area contributed by atoms with Crippen molar-refractivity contribution in [2.75, 3.05) is 39.3 Å². The lowest BCUT2D eigenvalue weighted by Gasteiger charge is -2.34. The van der Waals surface area contributed by atoms with Gasteiger partial charge >= 0.3 is 0 Å². The van der Waals surface area contributed by atoms with Gasteiger partial charge in [-0.3, -0.25) is 9.80 Å². The first-order valence-electron chi connectivity index (χ1n) is 7.79. The first-order chi connectivity index (χ1) is 11.3. The molecule has 5 nitrogen and oxygen atoms in total. The predicted octanol–water partition coefficient (Wildman–Crippen LogP) is 2.21. The summed E-state index contributed by atoms with van der Waals surface area (Å²) in [6.07, 6.45) is 0. The Morgan fingerprint density at radius 1 is 1.17 bits per heavy atom. The van der Waals surface area contributed by atoms with Gasteiger partial charge in [0.15, 0.2) is 0 Å². The molecule has 1 fully saturated rings. The van der Waals surface area contributed by atoms with E-state index in [4.69, 9.17) is 10.00 Å². The van der Waals surface area contributed by atoms with Crippen molar-refractivity contribution in [1.29, 1.82) is 5.26 Å². The summed E-state index contributed by atoms with van der Waals surface area (Å²) in [5.74, 6) is 0.678. The van der Waals surface area contributed by atoms with Gasteiger partial charge in [-0.15, -0.1) is 11.3 Å². The molecule has 2 aromatic rings. The number of nitrogens with zero attached hydrogens (tertiary/aromatic N) is 4. The molecule has 0 spiro atoms. The van der Waals surface area contributed by atoms with Crippen LogP contribution in [0.5, 0.6) is 5.75 Å². The lowest BCUT2D eigenvalue weighted by atomic mass is 10.2. The molecule has 23 heavy (non-hydrogen) atoms. The Kier molecular flexibility index (Phi) is 5.59. The smallest absolute Gasteiger partial charge is 0.137 e. The van der Waals surface area contributed by atoms with E-state index in [2.05, 4.69) is 26.2 Å². The summed E-state index contributed by atoms with van der Waals surface area (Å²) >= 11 is 1.65. The number of hydrogen-bond donors (Lipinski definition) is 0. The van der Waals surface area contributed by atoms with Crippen LogP contribution in [0.1, 0.15) is 11.3 Å². The highest BCUT2D eigenvalue weighted by Gasteiger charge is 2.17. The highest BCUT2D eigenvalue weighted by Crippen LogP contribution is 2.16. The zero-order valence-corrected chi connectivity index (χ0v) is 13.8. The van der Waals surface area contributed by atoms with Crippen LogP contribution >= 0.6 is 11.3 Å². The highest BCUT2D eigenvalue weighted by molar-refractivity contribution is 7.07. The number of aromatic nitrogens is 1. The molecular formula is C17H20N4OS. The topological polar surface area (TPSA) is 52.4 Å². The number of benzene rings is 1. The Bertz CT molecular complexity index is 645. The van der Waals surface area contributed by atoms with Gasteiger partial charge in [0.1, 0.15) is 18.4 Å². The van der Waals surface area contributed by atoms with Crippen LogP contribution in [0.25, 0.3) is 0 Å². The Hall–Kier alpha value is -1.94. The lowest BCUT2D eigenvalue weighted by Crippen LogP contribution is -2.47. The fourth-order valence-electron chi connectivity index (χ4n) is 2.69. The molecule has 0 saturated carbocycles. The van der Waals surface area contributed by atoms with E-state index in [0.29, 0.717) is 17.9 Å². The van der Waals surface area contributed by atoms with Crippen molar-refractivity contribution in [3.8, 4) is 11.8 Å². The van der Waals surface area contributed by atoms with Gasteiger partial charge < -0.3 is 4.74 Å². The molecule has 0 radical (unpaired) electrons. The van der Waals surface area contributed by atoms with Crippen LogP contribution in [0.2, 0.25) is 0 Å². The molecule has 1 aromatic heterocycles. The maximum Gasteiger partial charge on any atom is 0.137 e. The molecule has 1 aromatic carbocycles. The third-order valence-electron chi connectivity index (χ3n) is 4.01. The summed E-state index contributed by atoms with van der Waals surface area (Å²) in [5.41, 5.74) is 3.66. The summed E-state index contributed by atoms with van der Waals surface area (Å²) in [5, 5.41) is 11.2. The molecule has 1 saturated heterocycles. The molecule has 1 aliphatic rings. The molecule has 0 aliphatic carbocycles. The van der Waals surface area contributed by atoms with Gasteiger partial charge in [-0.05, 0) is 12.1 Å². The number of piperazine rings is 1. The summed E-state index contributed by atoms with van der Waals surface area (Å²) in [6, 6.07) is 9.55. The predicted molar refractivity (Wildman–Crippen MR) is 90.5 cm³/mol. The van der Waals surface area contributed by atoms with Crippen molar-refractivity contribution in [2.45, 2.75) is 6.54 Å². The number of para-hydroxylation sites is 1. The van der Waals surface area contributed by atoms with Crippen molar-refractivity contribution in [3.05, 3.63) is 46.4 Å². The molecular weight excluding hydrogens is 308 g/mol. The maximum atomic E-state index is 9.05. The number of nitriles is 1. The van der Waals surface area contributed by atoms with Gasteiger partial charge in [0.2, 0.25) is 0 Å². The van der Waals surface area contributed by atoms with Gasteiger partial charge in [0.05, 0.1) is 16.8 Å². The zero-order chi connectivity index (χ0) is 15.9. The van der Waals surface area contributed by atoms with Crippen LogP contribution in [0.3, 0.4) is 0 Å². The summed E-state index contributed by atoms with van der Waals surface area (Å²) in [6.45, 7) is 6.68. The fourth-order valence-corrected chi connectivity index (χ4v) is 3.23. The molecule has 0 amide bonds. The number of rotatable bonds is 6. The summed E-state index contributed by atoms with van der Waals surface area (Å²) < 4.78 is 5.76. The number of ether oxygens (including phenoxy) is 1. The van der Waals surface area contributed by atoms with E-state index in [0.717, 1.165) is 39.3 Å². The average Bonchev–Trinajstić information content (AvgIpc) is 3.10. The molecule has 0 unspecified atom stereocenters. The van der Waals surface area contributed by atoms with Crippen molar-refractivity contribution >= 4 is 11.3 Å². The van der Waals surface area contributed by atoms with E-state index in [1.165, 1.54) is 5.69 Å². The Morgan fingerprint density at radius 3 is 2.70 bits per heavy atom. The third kappa shape index (κ3) is 4.52. The van der Waals surface area contributed by atoms with E-state index in [-0.39, 0.29) is 0 Å². The first-order valence-corrected chi connectivity index (χ1v) is 8.73. The van der Waals surface area contributed by atoms with Crippen LogP contribution in [0.4, 0.5) is 0 Å². The van der Waals surface area contributed by atoms with Crippen molar-refractivity contribution in [2.24, 2.45) is 0 Å². The van der Waals surface area contributed by atoms with E-state index in [1.807, 2.05) is 23.7 Å². The normalized spacial score (nSPS) is 16.1. The highest BCUT2D eigenvalue weighted by atomic mass is 32.1. The van der Waals surface area contributed by atoms with Gasteiger partial charge in [0.25, 0.3) is 0 Å². The molecule has 2 heterocycles. The Balaban J connectivity index is 1.38. The number of thiazole rings is 1. The lowest BCUT2D eigenvalue weighted by molar-refractivity contribution is 0.112. The molecule has 0 atom stereocenters.